The molecule has 3 nitrogen and oxygen atoms in total. The minimum atomic E-state index is 0.549. The Hall–Kier alpha value is -1.35. The number of aromatic amines is 1. The van der Waals surface area contributed by atoms with Crippen LogP contribution in [-0.4, -0.2) is 9.97 Å². The van der Waals surface area contributed by atoms with E-state index in [1.54, 1.807) is 0 Å². The molecule has 62 valence electrons. The SMILES string of the molecule is Cc1cc2[nH]c(CN)cc2cn1. The van der Waals surface area contributed by atoms with Crippen LogP contribution in [0.3, 0.4) is 0 Å². The minimum Gasteiger partial charge on any atom is -0.357 e. The summed E-state index contributed by atoms with van der Waals surface area (Å²) in [4.78, 5) is 7.42. The average Bonchev–Trinajstić information content (AvgIpc) is 2.46. The van der Waals surface area contributed by atoms with Crippen molar-refractivity contribution >= 4 is 10.9 Å². The Labute approximate surface area is 70.6 Å². The monoisotopic (exact) mass is 161 g/mol. The van der Waals surface area contributed by atoms with Crippen LogP contribution in [0.5, 0.6) is 0 Å². The fourth-order valence-electron chi connectivity index (χ4n) is 1.30. The molecule has 2 rings (SSSR count). The van der Waals surface area contributed by atoms with E-state index in [9.17, 15) is 0 Å². The summed E-state index contributed by atoms with van der Waals surface area (Å²) in [6.45, 7) is 2.52. The van der Waals surface area contributed by atoms with Gasteiger partial charge in [0.05, 0.1) is 0 Å². The van der Waals surface area contributed by atoms with Crippen molar-refractivity contribution in [3.8, 4) is 0 Å². The number of nitrogens with zero attached hydrogens (tertiary/aromatic N) is 1. The summed E-state index contributed by atoms with van der Waals surface area (Å²) >= 11 is 0. The first-order valence-corrected chi connectivity index (χ1v) is 3.94. The third-order valence-corrected chi connectivity index (χ3v) is 1.92. The van der Waals surface area contributed by atoms with E-state index in [0.29, 0.717) is 6.54 Å². The largest absolute Gasteiger partial charge is 0.357 e. The van der Waals surface area contributed by atoms with Gasteiger partial charge in [0.2, 0.25) is 0 Å². The topological polar surface area (TPSA) is 54.7 Å². The molecule has 12 heavy (non-hydrogen) atoms. The van der Waals surface area contributed by atoms with E-state index in [1.807, 2.05) is 25.3 Å². The van der Waals surface area contributed by atoms with Gasteiger partial charge in [-0.25, -0.2) is 0 Å². The van der Waals surface area contributed by atoms with Crippen molar-refractivity contribution in [2.24, 2.45) is 5.73 Å². The number of fused-ring (bicyclic) bond motifs is 1. The highest BCUT2D eigenvalue weighted by Gasteiger charge is 1.98. The van der Waals surface area contributed by atoms with Crippen LogP contribution >= 0.6 is 0 Å². The van der Waals surface area contributed by atoms with Crippen molar-refractivity contribution in [1.82, 2.24) is 9.97 Å². The van der Waals surface area contributed by atoms with Gasteiger partial charge in [-0.15, -0.1) is 0 Å². The Balaban J connectivity index is 2.67. The number of hydrogen-bond donors (Lipinski definition) is 2. The molecule has 0 bridgehead atoms. The van der Waals surface area contributed by atoms with E-state index < -0.39 is 0 Å². The molecule has 0 saturated carbocycles. The van der Waals surface area contributed by atoms with Gasteiger partial charge in [0, 0.05) is 35.0 Å². The summed E-state index contributed by atoms with van der Waals surface area (Å²) < 4.78 is 0. The Morgan fingerprint density at radius 1 is 1.50 bits per heavy atom. The summed E-state index contributed by atoms with van der Waals surface area (Å²) in [5, 5.41) is 1.13. The number of aryl methyl sites for hydroxylation is 1. The molecule has 2 aromatic rings. The van der Waals surface area contributed by atoms with Gasteiger partial charge in [0.1, 0.15) is 0 Å². The van der Waals surface area contributed by atoms with Crippen LogP contribution in [0.15, 0.2) is 18.3 Å². The van der Waals surface area contributed by atoms with E-state index in [2.05, 4.69) is 9.97 Å². The molecule has 0 saturated heterocycles. The normalized spacial score (nSPS) is 10.8. The number of pyridine rings is 1. The van der Waals surface area contributed by atoms with Crippen LogP contribution in [0.1, 0.15) is 11.4 Å². The summed E-state index contributed by atoms with van der Waals surface area (Å²) in [5.74, 6) is 0. The van der Waals surface area contributed by atoms with E-state index in [4.69, 9.17) is 5.73 Å². The summed E-state index contributed by atoms with van der Waals surface area (Å²) in [7, 11) is 0. The Bertz CT molecular complexity index is 403. The van der Waals surface area contributed by atoms with Crippen LogP contribution in [0, 0.1) is 6.92 Å². The Kier molecular flexibility index (Phi) is 1.59. The maximum Gasteiger partial charge on any atom is 0.0490 e. The number of rotatable bonds is 1. The lowest BCUT2D eigenvalue weighted by molar-refractivity contribution is 1.02. The fraction of sp³-hybridized carbons (Fsp3) is 0.222. The van der Waals surface area contributed by atoms with Crippen LogP contribution < -0.4 is 5.73 Å². The third kappa shape index (κ3) is 1.08. The van der Waals surface area contributed by atoms with Crippen molar-refractivity contribution in [2.75, 3.05) is 0 Å². The van der Waals surface area contributed by atoms with E-state index in [0.717, 1.165) is 22.3 Å². The zero-order valence-corrected chi connectivity index (χ0v) is 6.96. The van der Waals surface area contributed by atoms with Crippen LogP contribution in [0.2, 0.25) is 0 Å². The van der Waals surface area contributed by atoms with Gasteiger partial charge in [-0.3, -0.25) is 4.98 Å². The van der Waals surface area contributed by atoms with Crippen molar-refractivity contribution < 1.29 is 0 Å². The molecule has 0 aliphatic rings. The van der Waals surface area contributed by atoms with Gasteiger partial charge in [0.15, 0.2) is 0 Å². The standard InChI is InChI=1S/C9H11N3/c1-6-2-9-7(5-11-6)3-8(4-10)12-9/h2-3,5,12H,4,10H2,1H3. The van der Waals surface area contributed by atoms with Gasteiger partial charge < -0.3 is 10.7 Å². The first kappa shape index (κ1) is 7.31. The number of aromatic nitrogens is 2. The highest BCUT2D eigenvalue weighted by atomic mass is 14.8. The lowest BCUT2D eigenvalue weighted by Gasteiger charge is -1.90. The molecule has 3 heteroatoms. The van der Waals surface area contributed by atoms with Crippen molar-refractivity contribution in [3.05, 3.63) is 29.7 Å². The third-order valence-electron chi connectivity index (χ3n) is 1.92. The van der Waals surface area contributed by atoms with Crippen molar-refractivity contribution in [1.29, 1.82) is 0 Å². The first-order chi connectivity index (χ1) is 5.79. The highest BCUT2D eigenvalue weighted by molar-refractivity contribution is 5.79. The second-order valence-electron chi connectivity index (χ2n) is 2.91. The second-order valence-corrected chi connectivity index (χ2v) is 2.91. The predicted molar refractivity (Wildman–Crippen MR) is 48.7 cm³/mol. The number of hydrogen-bond acceptors (Lipinski definition) is 2. The molecule has 0 aromatic carbocycles. The molecule has 0 amide bonds. The van der Waals surface area contributed by atoms with Gasteiger partial charge in [0.25, 0.3) is 0 Å². The molecule has 0 spiro atoms. The molecule has 0 radical (unpaired) electrons. The fourth-order valence-corrected chi connectivity index (χ4v) is 1.30. The quantitative estimate of drug-likeness (QED) is 0.663. The van der Waals surface area contributed by atoms with E-state index in [1.165, 1.54) is 0 Å². The number of nitrogens with one attached hydrogen (secondary N) is 1. The molecular formula is C9H11N3. The number of H-pyrrole nitrogens is 1. The zero-order valence-electron chi connectivity index (χ0n) is 6.96. The first-order valence-electron chi connectivity index (χ1n) is 3.94. The summed E-state index contributed by atoms with van der Waals surface area (Å²) in [6.07, 6.45) is 1.86. The predicted octanol–water partition coefficient (Wildman–Crippen LogP) is 1.33. The average molecular weight is 161 g/mol. The molecule has 2 aromatic heterocycles. The minimum absolute atomic E-state index is 0.549. The molecule has 0 aliphatic carbocycles. The molecule has 3 N–H and O–H groups in total. The molecular weight excluding hydrogens is 150 g/mol. The highest BCUT2D eigenvalue weighted by Crippen LogP contribution is 2.14. The molecule has 0 unspecified atom stereocenters. The lowest BCUT2D eigenvalue weighted by atomic mass is 10.3. The Morgan fingerprint density at radius 2 is 2.33 bits per heavy atom. The van der Waals surface area contributed by atoms with Crippen molar-refractivity contribution in [2.45, 2.75) is 13.5 Å². The zero-order chi connectivity index (χ0) is 8.55. The maximum absolute atomic E-state index is 5.50. The lowest BCUT2D eigenvalue weighted by Crippen LogP contribution is -1.94. The molecule has 2 heterocycles. The summed E-state index contributed by atoms with van der Waals surface area (Å²) in [5.41, 5.74) is 8.69. The van der Waals surface area contributed by atoms with Crippen LogP contribution in [0.4, 0.5) is 0 Å². The van der Waals surface area contributed by atoms with E-state index >= 15 is 0 Å². The van der Waals surface area contributed by atoms with Gasteiger partial charge in [-0.1, -0.05) is 0 Å². The Morgan fingerprint density at radius 3 is 3.08 bits per heavy atom. The van der Waals surface area contributed by atoms with E-state index in [-0.39, 0.29) is 0 Å². The van der Waals surface area contributed by atoms with Crippen LogP contribution in [0.25, 0.3) is 10.9 Å². The van der Waals surface area contributed by atoms with Gasteiger partial charge >= 0.3 is 0 Å². The van der Waals surface area contributed by atoms with Gasteiger partial charge in [-0.2, -0.15) is 0 Å². The second kappa shape index (κ2) is 2.60. The molecule has 0 atom stereocenters. The number of nitrogens with two attached hydrogens (primary N) is 1. The summed E-state index contributed by atoms with van der Waals surface area (Å²) in [6, 6.07) is 4.05. The molecule has 0 aliphatic heterocycles. The molecule has 0 fully saturated rings. The van der Waals surface area contributed by atoms with Crippen LogP contribution in [-0.2, 0) is 6.54 Å². The van der Waals surface area contributed by atoms with Gasteiger partial charge in [-0.05, 0) is 19.1 Å². The van der Waals surface area contributed by atoms with Crippen molar-refractivity contribution in [3.63, 3.8) is 0 Å². The maximum atomic E-state index is 5.50. The smallest absolute Gasteiger partial charge is 0.0490 e.